The van der Waals surface area contributed by atoms with E-state index in [0.29, 0.717) is 29.8 Å². The fraction of sp³-hybridized carbons (Fsp3) is 0.529. The second-order valence-electron chi connectivity index (χ2n) is 6.20. The summed E-state index contributed by atoms with van der Waals surface area (Å²) < 4.78 is 5.49. The number of carbonyl (C=O) groups excluding carboxylic acids is 1. The van der Waals surface area contributed by atoms with Crippen molar-refractivity contribution in [3.8, 4) is 0 Å². The largest absolute Gasteiger partial charge is 0.368 e. The molecule has 2 aliphatic heterocycles. The molecule has 0 bridgehead atoms. The number of thiocarbonyl (C=S) groups is 1. The molecule has 0 spiro atoms. The Labute approximate surface area is 152 Å². The van der Waals surface area contributed by atoms with Crippen LogP contribution in [-0.2, 0) is 9.53 Å². The molecular weight excluding hydrogens is 346 g/mol. The van der Waals surface area contributed by atoms with Crippen LogP contribution in [0.25, 0.3) is 0 Å². The molecule has 0 saturated carbocycles. The highest BCUT2D eigenvalue weighted by molar-refractivity contribution is 7.80. The van der Waals surface area contributed by atoms with E-state index < -0.39 is 0 Å². The minimum Gasteiger partial charge on any atom is -0.368 e. The van der Waals surface area contributed by atoms with Gasteiger partial charge in [0.1, 0.15) is 6.10 Å². The number of anilines is 1. The number of halogens is 1. The van der Waals surface area contributed by atoms with Gasteiger partial charge in [-0.25, -0.2) is 0 Å². The van der Waals surface area contributed by atoms with Gasteiger partial charge in [-0.15, -0.1) is 0 Å². The summed E-state index contributed by atoms with van der Waals surface area (Å²) in [6, 6.07) is 5.70. The SMILES string of the molecule is Cc1ccc(Cl)cc1NC(=S)N1CCN(C(=O)C2CCCO2)CC1. The molecule has 0 aromatic heterocycles. The number of nitrogens with one attached hydrogen (secondary N) is 1. The lowest BCUT2D eigenvalue weighted by atomic mass is 10.2. The number of carbonyl (C=O) groups is 1. The Hall–Kier alpha value is -1.37. The number of piperazine rings is 1. The number of nitrogens with zero attached hydrogens (tertiary/aromatic N) is 2. The molecule has 1 aromatic rings. The molecule has 2 aliphatic rings. The van der Waals surface area contributed by atoms with Crippen molar-refractivity contribution in [2.75, 3.05) is 38.1 Å². The fourth-order valence-corrected chi connectivity index (χ4v) is 3.49. The third kappa shape index (κ3) is 3.99. The molecule has 5 nitrogen and oxygen atoms in total. The van der Waals surface area contributed by atoms with Crippen molar-refractivity contribution in [3.05, 3.63) is 28.8 Å². The molecule has 1 aromatic carbocycles. The lowest BCUT2D eigenvalue weighted by Crippen LogP contribution is -2.53. The Kier molecular flexibility index (Phi) is 5.58. The third-order valence-corrected chi connectivity index (χ3v) is 5.12. The molecule has 1 unspecified atom stereocenters. The lowest BCUT2D eigenvalue weighted by molar-refractivity contribution is -0.142. The van der Waals surface area contributed by atoms with Gasteiger partial charge in [0.25, 0.3) is 5.91 Å². The number of hydrogen-bond donors (Lipinski definition) is 1. The Morgan fingerprint density at radius 1 is 1.29 bits per heavy atom. The van der Waals surface area contributed by atoms with Gasteiger partial charge in [-0.05, 0) is 49.7 Å². The van der Waals surface area contributed by atoms with Crippen LogP contribution in [0.1, 0.15) is 18.4 Å². The van der Waals surface area contributed by atoms with Crippen LogP contribution in [0.4, 0.5) is 5.69 Å². The van der Waals surface area contributed by atoms with E-state index >= 15 is 0 Å². The zero-order chi connectivity index (χ0) is 17.1. The minimum absolute atomic E-state index is 0.122. The Morgan fingerprint density at radius 2 is 2.00 bits per heavy atom. The van der Waals surface area contributed by atoms with E-state index in [0.717, 1.165) is 37.2 Å². The normalized spacial score (nSPS) is 21.0. The highest BCUT2D eigenvalue weighted by Crippen LogP contribution is 2.21. The van der Waals surface area contributed by atoms with Gasteiger partial charge >= 0.3 is 0 Å². The number of rotatable bonds is 2. The van der Waals surface area contributed by atoms with Crippen LogP contribution in [-0.4, -0.2) is 59.7 Å². The third-order valence-electron chi connectivity index (χ3n) is 4.52. The molecule has 0 radical (unpaired) electrons. The van der Waals surface area contributed by atoms with Crippen molar-refractivity contribution >= 4 is 40.5 Å². The number of aryl methyl sites for hydroxylation is 1. The van der Waals surface area contributed by atoms with E-state index in [2.05, 4.69) is 10.2 Å². The highest BCUT2D eigenvalue weighted by atomic mass is 35.5. The van der Waals surface area contributed by atoms with E-state index in [1.807, 2.05) is 30.0 Å². The van der Waals surface area contributed by atoms with Crippen LogP contribution < -0.4 is 5.32 Å². The smallest absolute Gasteiger partial charge is 0.251 e. The molecule has 0 aliphatic carbocycles. The first-order valence-corrected chi connectivity index (χ1v) is 9.05. The maximum Gasteiger partial charge on any atom is 0.251 e. The van der Waals surface area contributed by atoms with Gasteiger partial charge in [-0.3, -0.25) is 4.79 Å². The van der Waals surface area contributed by atoms with E-state index in [4.69, 9.17) is 28.6 Å². The van der Waals surface area contributed by atoms with Crippen molar-refractivity contribution in [1.29, 1.82) is 0 Å². The maximum absolute atomic E-state index is 12.4. The summed E-state index contributed by atoms with van der Waals surface area (Å²) in [4.78, 5) is 16.4. The first-order chi connectivity index (χ1) is 11.5. The van der Waals surface area contributed by atoms with E-state index in [1.54, 1.807) is 0 Å². The van der Waals surface area contributed by atoms with Gasteiger partial charge in [0.15, 0.2) is 5.11 Å². The van der Waals surface area contributed by atoms with Crippen LogP contribution in [0.2, 0.25) is 5.02 Å². The number of benzene rings is 1. The summed E-state index contributed by atoms with van der Waals surface area (Å²) in [5, 5.41) is 4.61. The summed E-state index contributed by atoms with van der Waals surface area (Å²) in [5.74, 6) is 0.122. The average Bonchev–Trinajstić information content (AvgIpc) is 3.12. The van der Waals surface area contributed by atoms with Crippen LogP contribution in [0, 0.1) is 6.92 Å². The molecule has 1 amide bonds. The number of amides is 1. The second-order valence-corrected chi connectivity index (χ2v) is 7.03. The van der Waals surface area contributed by atoms with Crippen molar-refractivity contribution in [2.24, 2.45) is 0 Å². The minimum atomic E-state index is -0.240. The van der Waals surface area contributed by atoms with Gasteiger partial charge in [0.2, 0.25) is 0 Å². The highest BCUT2D eigenvalue weighted by Gasteiger charge is 2.30. The van der Waals surface area contributed by atoms with Gasteiger partial charge in [-0.2, -0.15) is 0 Å². The molecule has 2 heterocycles. The van der Waals surface area contributed by atoms with Crippen molar-refractivity contribution in [3.63, 3.8) is 0 Å². The molecule has 130 valence electrons. The van der Waals surface area contributed by atoms with Gasteiger partial charge in [-0.1, -0.05) is 17.7 Å². The monoisotopic (exact) mass is 367 g/mol. The zero-order valence-electron chi connectivity index (χ0n) is 13.8. The zero-order valence-corrected chi connectivity index (χ0v) is 15.3. The van der Waals surface area contributed by atoms with E-state index in [9.17, 15) is 4.79 Å². The van der Waals surface area contributed by atoms with Crippen molar-refractivity contribution < 1.29 is 9.53 Å². The quantitative estimate of drug-likeness (QED) is 0.814. The van der Waals surface area contributed by atoms with E-state index in [-0.39, 0.29) is 12.0 Å². The van der Waals surface area contributed by atoms with Crippen molar-refractivity contribution in [2.45, 2.75) is 25.9 Å². The van der Waals surface area contributed by atoms with Crippen molar-refractivity contribution in [1.82, 2.24) is 9.80 Å². The van der Waals surface area contributed by atoms with Gasteiger partial charge in [0.05, 0.1) is 0 Å². The summed E-state index contributed by atoms with van der Waals surface area (Å²) in [6.07, 6.45) is 1.58. The number of ether oxygens (including phenoxy) is 1. The lowest BCUT2D eigenvalue weighted by Gasteiger charge is -2.37. The summed E-state index contributed by atoms with van der Waals surface area (Å²) in [7, 11) is 0. The number of hydrogen-bond acceptors (Lipinski definition) is 3. The predicted octanol–water partition coefficient (Wildman–Crippen LogP) is 2.67. The van der Waals surface area contributed by atoms with Gasteiger partial charge < -0.3 is 19.9 Å². The maximum atomic E-state index is 12.4. The first kappa shape index (κ1) is 17.5. The Morgan fingerprint density at radius 3 is 2.67 bits per heavy atom. The first-order valence-electron chi connectivity index (χ1n) is 8.27. The summed E-state index contributed by atoms with van der Waals surface area (Å²) in [6.45, 7) is 5.51. The predicted molar refractivity (Wildman–Crippen MR) is 99.5 cm³/mol. The summed E-state index contributed by atoms with van der Waals surface area (Å²) in [5.41, 5.74) is 2.01. The standard InChI is InChI=1S/C17H22ClN3O2S/c1-12-4-5-13(18)11-14(12)19-17(24)21-8-6-20(7-9-21)16(22)15-3-2-10-23-15/h4-5,11,15H,2-3,6-10H2,1H3,(H,19,24). The topological polar surface area (TPSA) is 44.8 Å². The van der Waals surface area contributed by atoms with Crippen LogP contribution in [0.15, 0.2) is 18.2 Å². The molecule has 7 heteroatoms. The van der Waals surface area contributed by atoms with Gasteiger partial charge in [0, 0.05) is 43.5 Å². The van der Waals surface area contributed by atoms with Crippen LogP contribution in [0.3, 0.4) is 0 Å². The molecule has 24 heavy (non-hydrogen) atoms. The average molecular weight is 368 g/mol. The second kappa shape index (κ2) is 7.68. The molecule has 2 fully saturated rings. The molecular formula is C17H22ClN3O2S. The molecule has 3 rings (SSSR count). The Balaban J connectivity index is 1.53. The molecule has 1 atom stereocenters. The van der Waals surface area contributed by atoms with Crippen LogP contribution >= 0.6 is 23.8 Å². The molecule has 2 saturated heterocycles. The Bertz CT molecular complexity index is 626. The molecule has 1 N–H and O–H groups in total. The fourth-order valence-electron chi connectivity index (χ4n) is 3.03. The summed E-state index contributed by atoms with van der Waals surface area (Å²) >= 11 is 11.6. The van der Waals surface area contributed by atoms with Crippen LogP contribution in [0.5, 0.6) is 0 Å². The van der Waals surface area contributed by atoms with E-state index in [1.165, 1.54) is 0 Å².